The molecule has 0 spiro atoms. The second-order valence-electron chi connectivity index (χ2n) is 5.97. The standard InChI is InChI=1S/C17H22N4O5S/c1-5-9(3)19-17(25)20-11(22)7-21-8-18-14-12(15(21)23)10(4)13(27-14)16(24)26-6-2/h8-9H,5-7H2,1-4H3,(H2,19,20,22,25)/t9-/m1/s1. The van der Waals surface area contributed by atoms with Gasteiger partial charge in [0, 0.05) is 6.04 Å². The lowest BCUT2D eigenvalue weighted by Gasteiger charge is -2.12. The smallest absolute Gasteiger partial charge is 0.348 e. The van der Waals surface area contributed by atoms with Gasteiger partial charge in [0.2, 0.25) is 5.91 Å². The van der Waals surface area contributed by atoms with Crippen LogP contribution in [0.2, 0.25) is 0 Å². The molecule has 1 atom stereocenters. The van der Waals surface area contributed by atoms with E-state index in [-0.39, 0.29) is 24.6 Å². The number of carbonyl (C=O) groups excluding carboxylic acids is 3. The molecule has 2 heterocycles. The van der Waals surface area contributed by atoms with Crippen molar-refractivity contribution in [1.82, 2.24) is 20.2 Å². The summed E-state index contributed by atoms with van der Waals surface area (Å²) in [6.07, 6.45) is 1.95. The number of nitrogens with zero attached hydrogens (tertiary/aromatic N) is 2. The maximum absolute atomic E-state index is 12.7. The number of ether oxygens (including phenoxy) is 1. The van der Waals surface area contributed by atoms with Gasteiger partial charge in [0.15, 0.2) is 0 Å². The summed E-state index contributed by atoms with van der Waals surface area (Å²) in [6, 6.07) is -0.693. The second-order valence-corrected chi connectivity index (χ2v) is 6.96. The van der Waals surface area contributed by atoms with Crippen LogP contribution in [0.15, 0.2) is 11.1 Å². The van der Waals surface area contributed by atoms with E-state index in [0.29, 0.717) is 15.3 Å². The summed E-state index contributed by atoms with van der Waals surface area (Å²) >= 11 is 1.07. The Morgan fingerprint density at radius 1 is 1.33 bits per heavy atom. The van der Waals surface area contributed by atoms with Crippen molar-refractivity contribution >= 4 is 39.5 Å². The molecule has 10 heteroatoms. The highest BCUT2D eigenvalue weighted by atomic mass is 32.1. The number of imide groups is 1. The van der Waals surface area contributed by atoms with Crippen LogP contribution in [0.4, 0.5) is 4.79 Å². The number of esters is 1. The van der Waals surface area contributed by atoms with Gasteiger partial charge in [0.05, 0.1) is 18.3 Å². The summed E-state index contributed by atoms with van der Waals surface area (Å²) in [7, 11) is 0. The summed E-state index contributed by atoms with van der Waals surface area (Å²) < 4.78 is 6.08. The monoisotopic (exact) mass is 394 g/mol. The first-order chi connectivity index (χ1) is 12.8. The number of aryl methyl sites for hydroxylation is 1. The highest BCUT2D eigenvalue weighted by Crippen LogP contribution is 2.27. The summed E-state index contributed by atoms with van der Waals surface area (Å²) in [6.45, 7) is 6.91. The lowest BCUT2D eigenvalue weighted by molar-refractivity contribution is -0.120. The lowest BCUT2D eigenvalue weighted by atomic mass is 10.2. The third kappa shape index (κ3) is 4.70. The van der Waals surface area contributed by atoms with Crippen LogP contribution >= 0.6 is 11.3 Å². The third-order valence-corrected chi connectivity index (χ3v) is 5.11. The summed E-state index contributed by atoms with van der Waals surface area (Å²) in [4.78, 5) is 53.3. The van der Waals surface area contributed by atoms with Crippen molar-refractivity contribution in [3.05, 3.63) is 27.1 Å². The van der Waals surface area contributed by atoms with Gasteiger partial charge in [-0.15, -0.1) is 11.3 Å². The molecule has 2 aromatic rings. The maximum Gasteiger partial charge on any atom is 0.348 e. The molecule has 0 unspecified atom stereocenters. The van der Waals surface area contributed by atoms with Gasteiger partial charge in [-0.3, -0.25) is 19.5 Å². The Hall–Kier alpha value is -2.75. The van der Waals surface area contributed by atoms with Gasteiger partial charge in [-0.2, -0.15) is 0 Å². The molecular weight excluding hydrogens is 372 g/mol. The molecule has 0 aliphatic rings. The molecule has 0 saturated heterocycles. The van der Waals surface area contributed by atoms with E-state index >= 15 is 0 Å². The van der Waals surface area contributed by atoms with Gasteiger partial charge in [0.1, 0.15) is 16.3 Å². The van der Waals surface area contributed by atoms with Crippen LogP contribution in [0.1, 0.15) is 42.4 Å². The maximum atomic E-state index is 12.7. The first-order valence-electron chi connectivity index (χ1n) is 8.54. The number of thiophene rings is 1. The highest BCUT2D eigenvalue weighted by Gasteiger charge is 2.21. The minimum atomic E-state index is -0.641. The number of carbonyl (C=O) groups is 3. The van der Waals surface area contributed by atoms with E-state index in [1.165, 1.54) is 6.33 Å². The third-order valence-electron chi connectivity index (χ3n) is 3.93. The molecule has 9 nitrogen and oxygen atoms in total. The van der Waals surface area contributed by atoms with E-state index in [1.807, 2.05) is 13.8 Å². The first kappa shape index (κ1) is 20.6. The largest absolute Gasteiger partial charge is 0.462 e. The number of urea groups is 1. The zero-order valence-corrected chi connectivity index (χ0v) is 16.4. The molecule has 0 bridgehead atoms. The predicted molar refractivity (Wildman–Crippen MR) is 101 cm³/mol. The molecule has 2 N–H and O–H groups in total. The molecule has 146 valence electrons. The molecule has 3 amide bonds. The van der Waals surface area contributed by atoms with E-state index in [9.17, 15) is 19.2 Å². The van der Waals surface area contributed by atoms with Crippen molar-refractivity contribution in [1.29, 1.82) is 0 Å². The Bertz CT molecular complexity index is 933. The van der Waals surface area contributed by atoms with Crippen molar-refractivity contribution < 1.29 is 19.1 Å². The minimum Gasteiger partial charge on any atom is -0.462 e. The average Bonchev–Trinajstić information content (AvgIpc) is 2.94. The number of amides is 3. The topological polar surface area (TPSA) is 119 Å². The Morgan fingerprint density at radius 3 is 2.67 bits per heavy atom. The molecule has 2 rings (SSSR count). The van der Waals surface area contributed by atoms with Crippen LogP contribution in [-0.2, 0) is 16.1 Å². The highest BCUT2D eigenvalue weighted by molar-refractivity contribution is 7.20. The van der Waals surface area contributed by atoms with Crippen molar-refractivity contribution in [3.8, 4) is 0 Å². The zero-order valence-electron chi connectivity index (χ0n) is 15.6. The Labute approximate surface area is 159 Å². The molecule has 0 aliphatic carbocycles. The van der Waals surface area contributed by atoms with Gasteiger partial charge in [-0.25, -0.2) is 14.6 Å². The second kappa shape index (κ2) is 8.76. The van der Waals surface area contributed by atoms with Gasteiger partial charge < -0.3 is 10.1 Å². The van der Waals surface area contributed by atoms with Crippen LogP contribution in [0.5, 0.6) is 0 Å². The number of nitrogens with one attached hydrogen (secondary N) is 2. The number of hydrogen-bond donors (Lipinski definition) is 2. The Morgan fingerprint density at radius 2 is 2.04 bits per heavy atom. The molecule has 0 fully saturated rings. The number of hydrogen-bond acceptors (Lipinski definition) is 7. The fourth-order valence-corrected chi connectivity index (χ4v) is 3.38. The van der Waals surface area contributed by atoms with Gasteiger partial charge in [0.25, 0.3) is 5.56 Å². The molecular formula is C17H22N4O5S. The molecule has 0 saturated carbocycles. The quantitative estimate of drug-likeness (QED) is 0.718. The normalized spacial score (nSPS) is 11.9. The first-order valence-corrected chi connectivity index (χ1v) is 9.36. The van der Waals surface area contributed by atoms with E-state index in [2.05, 4.69) is 15.6 Å². The van der Waals surface area contributed by atoms with Gasteiger partial charge in [-0.05, 0) is 32.8 Å². The SMILES string of the molecule is CCOC(=O)c1sc2ncn(CC(=O)NC(=O)N[C@H](C)CC)c(=O)c2c1C. The lowest BCUT2D eigenvalue weighted by Crippen LogP contribution is -2.45. The van der Waals surface area contributed by atoms with E-state index in [4.69, 9.17) is 4.74 Å². The Balaban J connectivity index is 2.22. The van der Waals surface area contributed by atoms with Crippen LogP contribution in [0.25, 0.3) is 10.2 Å². The summed E-state index contributed by atoms with van der Waals surface area (Å²) in [5.41, 5.74) is 0.0111. The minimum absolute atomic E-state index is 0.0757. The summed E-state index contributed by atoms with van der Waals surface area (Å²) in [5.74, 6) is -1.15. The fraction of sp³-hybridized carbons (Fsp3) is 0.471. The van der Waals surface area contributed by atoms with Crippen molar-refractivity contribution in [2.45, 2.75) is 46.7 Å². The van der Waals surface area contributed by atoms with Crippen LogP contribution in [0, 0.1) is 6.92 Å². The molecule has 0 aliphatic heterocycles. The van der Waals surface area contributed by atoms with E-state index in [1.54, 1.807) is 13.8 Å². The number of aromatic nitrogens is 2. The van der Waals surface area contributed by atoms with Crippen LogP contribution in [0.3, 0.4) is 0 Å². The fourth-order valence-electron chi connectivity index (χ4n) is 2.35. The van der Waals surface area contributed by atoms with Gasteiger partial charge in [-0.1, -0.05) is 6.92 Å². The number of fused-ring (bicyclic) bond motifs is 1. The van der Waals surface area contributed by atoms with Crippen LogP contribution in [-0.4, -0.2) is 40.1 Å². The number of rotatable bonds is 6. The van der Waals surface area contributed by atoms with Crippen molar-refractivity contribution in [3.63, 3.8) is 0 Å². The molecule has 27 heavy (non-hydrogen) atoms. The van der Waals surface area contributed by atoms with Crippen molar-refractivity contribution in [2.75, 3.05) is 6.61 Å². The molecule has 2 aromatic heterocycles. The van der Waals surface area contributed by atoms with E-state index < -0.39 is 23.5 Å². The zero-order chi connectivity index (χ0) is 20.1. The Kier molecular flexibility index (Phi) is 6.67. The molecule has 0 radical (unpaired) electrons. The molecule has 0 aromatic carbocycles. The van der Waals surface area contributed by atoms with Gasteiger partial charge >= 0.3 is 12.0 Å². The van der Waals surface area contributed by atoms with Crippen LogP contribution < -0.4 is 16.2 Å². The van der Waals surface area contributed by atoms with Crippen molar-refractivity contribution in [2.24, 2.45) is 0 Å². The van der Waals surface area contributed by atoms with E-state index in [0.717, 1.165) is 22.3 Å². The summed E-state index contributed by atoms with van der Waals surface area (Å²) in [5, 5.41) is 5.05. The predicted octanol–water partition coefficient (Wildman–Crippen LogP) is 1.57. The average molecular weight is 394 g/mol.